The Morgan fingerprint density at radius 2 is 2.22 bits per heavy atom. The van der Waals surface area contributed by atoms with E-state index in [1.165, 1.54) is 0 Å². The highest BCUT2D eigenvalue weighted by molar-refractivity contribution is 7.71. The van der Waals surface area contributed by atoms with E-state index in [-0.39, 0.29) is 6.61 Å². The van der Waals surface area contributed by atoms with Crippen molar-refractivity contribution < 1.29 is 18.7 Å². The zero-order valence-corrected chi connectivity index (χ0v) is 10.9. The van der Waals surface area contributed by atoms with Crippen LogP contribution in [0.2, 0.25) is 0 Å². The predicted octanol–water partition coefficient (Wildman–Crippen LogP) is 2.48. The number of fused-ring (bicyclic) bond motifs is 1. The van der Waals surface area contributed by atoms with Crippen molar-refractivity contribution in [1.82, 2.24) is 0 Å². The van der Waals surface area contributed by atoms with Crippen LogP contribution < -0.4 is 5.32 Å². The number of rotatable bonds is 6. The molecular weight excluding hydrogens is 254 g/mol. The van der Waals surface area contributed by atoms with Gasteiger partial charge in [0.1, 0.15) is 0 Å². The van der Waals surface area contributed by atoms with Gasteiger partial charge in [0, 0.05) is 18.2 Å². The van der Waals surface area contributed by atoms with Gasteiger partial charge in [-0.15, -0.1) is 0 Å². The lowest BCUT2D eigenvalue weighted by Gasteiger charge is -2.05. The Labute approximate surface area is 109 Å². The number of aliphatic hydroxyl groups is 1. The summed E-state index contributed by atoms with van der Waals surface area (Å²) >= 11 is 5.22. The number of anilines is 1. The molecule has 0 aliphatic heterocycles. The van der Waals surface area contributed by atoms with Crippen LogP contribution in [0.4, 0.5) is 5.88 Å². The predicted molar refractivity (Wildman–Crippen MR) is 70.4 cm³/mol. The topological polar surface area (TPSA) is 67.8 Å². The average molecular weight is 269 g/mol. The fourth-order valence-corrected chi connectivity index (χ4v) is 1.80. The molecule has 2 heterocycles. The van der Waals surface area contributed by atoms with Crippen molar-refractivity contribution in [3.05, 3.63) is 22.4 Å². The van der Waals surface area contributed by atoms with E-state index in [1.807, 2.05) is 6.92 Å². The Morgan fingerprint density at radius 3 is 3.00 bits per heavy atom. The summed E-state index contributed by atoms with van der Waals surface area (Å²) in [7, 11) is 0. The van der Waals surface area contributed by atoms with E-state index in [9.17, 15) is 0 Å². The smallest absolute Gasteiger partial charge is 0.195 e. The standard InChI is InChI=1S/C12H15NO4S/c1-8-7-16-12-9(18)6-10(17-11(8)12)13-2-4-15-5-3-14/h6-7,13-14H,2-5H2,1H3. The van der Waals surface area contributed by atoms with Crippen molar-refractivity contribution in [1.29, 1.82) is 0 Å². The van der Waals surface area contributed by atoms with Crippen LogP contribution in [0.5, 0.6) is 0 Å². The lowest BCUT2D eigenvalue weighted by Crippen LogP contribution is -2.11. The monoisotopic (exact) mass is 269 g/mol. The largest absolute Gasteiger partial charge is 0.459 e. The minimum Gasteiger partial charge on any atom is -0.459 e. The zero-order chi connectivity index (χ0) is 13.0. The van der Waals surface area contributed by atoms with Gasteiger partial charge in [0.05, 0.1) is 30.6 Å². The van der Waals surface area contributed by atoms with Gasteiger partial charge in [-0.05, 0) is 6.92 Å². The Balaban J connectivity index is 2.05. The molecule has 0 saturated heterocycles. The molecule has 0 unspecified atom stereocenters. The fraction of sp³-hybridized carbons (Fsp3) is 0.417. The summed E-state index contributed by atoms with van der Waals surface area (Å²) in [4.78, 5) is 0. The van der Waals surface area contributed by atoms with Gasteiger partial charge < -0.3 is 24.0 Å². The molecule has 2 aromatic rings. The first-order valence-electron chi connectivity index (χ1n) is 5.67. The third kappa shape index (κ3) is 2.90. The van der Waals surface area contributed by atoms with Gasteiger partial charge in [-0.3, -0.25) is 0 Å². The molecule has 0 aliphatic carbocycles. The van der Waals surface area contributed by atoms with Crippen LogP contribution >= 0.6 is 12.2 Å². The van der Waals surface area contributed by atoms with Crippen LogP contribution in [0.15, 0.2) is 21.2 Å². The highest BCUT2D eigenvalue weighted by Crippen LogP contribution is 2.25. The maximum Gasteiger partial charge on any atom is 0.195 e. The van der Waals surface area contributed by atoms with Gasteiger partial charge in [0.25, 0.3) is 0 Å². The number of hydrogen-bond acceptors (Lipinski definition) is 6. The number of nitrogens with one attached hydrogen (secondary N) is 1. The van der Waals surface area contributed by atoms with E-state index in [2.05, 4.69) is 5.32 Å². The number of furan rings is 1. The minimum absolute atomic E-state index is 0.0286. The van der Waals surface area contributed by atoms with Crippen LogP contribution in [0, 0.1) is 11.4 Å². The lowest BCUT2D eigenvalue weighted by atomic mass is 10.3. The third-order valence-corrected chi connectivity index (χ3v) is 2.70. The summed E-state index contributed by atoms with van der Waals surface area (Å²) in [5.74, 6) is 0.588. The van der Waals surface area contributed by atoms with Crippen LogP contribution in [0.3, 0.4) is 0 Å². The molecule has 2 aromatic heterocycles. The van der Waals surface area contributed by atoms with Gasteiger partial charge in [0.15, 0.2) is 17.1 Å². The molecule has 0 aromatic carbocycles. The molecule has 0 fully saturated rings. The molecule has 2 rings (SSSR count). The van der Waals surface area contributed by atoms with E-state index in [0.717, 1.165) is 5.56 Å². The molecule has 18 heavy (non-hydrogen) atoms. The Bertz CT molecular complexity index is 575. The van der Waals surface area contributed by atoms with Crippen molar-refractivity contribution in [2.75, 3.05) is 31.7 Å². The lowest BCUT2D eigenvalue weighted by molar-refractivity contribution is 0.0990. The van der Waals surface area contributed by atoms with Crippen molar-refractivity contribution in [3.63, 3.8) is 0 Å². The highest BCUT2D eigenvalue weighted by atomic mass is 32.1. The van der Waals surface area contributed by atoms with Crippen LogP contribution in [-0.2, 0) is 4.74 Å². The fourth-order valence-electron chi connectivity index (χ4n) is 1.55. The number of hydrogen-bond donors (Lipinski definition) is 2. The maximum absolute atomic E-state index is 8.56. The normalized spacial score (nSPS) is 11.0. The first-order valence-corrected chi connectivity index (χ1v) is 6.07. The Kier molecular flexibility index (Phi) is 4.35. The van der Waals surface area contributed by atoms with Gasteiger partial charge in [0.2, 0.25) is 0 Å². The Hall–Kier alpha value is -1.37. The molecule has 0 radical (unpaired) electrons. The van der Waals surface area contributed by atoms with Gasteiger partial charge >= 0.3 is 0 Å². The Morgan fingerprint density at radius 1 is 1.39 bits per heavy atom. The molecule has 0 saturated carbocycles. The summed E-state index contributed by atoms with van der Waals surface area (Å²) in [5, 5.41) is 11.6. The molecule has 6 heteroatoms. The third-order valence-electron chi connectivity index (χ3n) is 2.40. The van der Waals surface area contributed by atoms with Crippen LogP contribution in [0.1, 0.15) is 5.56 Å². The molecule has 0 atom stereocenters. The summed E-state index contributed by atoms with van der Waals surface area (Å²) in [5.41, 5.74) is 2.18. The molecule has 0 spiro atoms. The van der Waals surface area contributed by atoms with Gasteiger partial charge in [-0.2, -0.15) is 0 Å². The molecule has 0 aliphatic rings. The number of aryl methyl sites for hydroxylation is 1. The van der Waals surface area contributed by atoms with Crippen molar-refractivity contribution in [3.8, 4) is 0 Å². The van der Waals surface area contributed by atoms with Gasteiger partial charge in [-0.25, -0.2) is 0 Å². The molecule has 2 N–H and O–H groups in total. The second-order valence-electron chi connectivity index (χ2n) is 3.81. The number of aliphatic hydroxyl groups excluding tert-OH is 1. The molecule has 98 valence electrons. The summed E-state index contributed by atoms with van der Waals surface area (Å²) in [6.07, 6.45) is 1.62. The summed E-state index contributed by atoms with van der Waals surface area (Å²) in [6, 6.07) is 1.71. The van der Waals surface area contributed by atoms with E-state index in [0.29, 0.717) is 41.3 Å². The minimum atomic E-state index is 0.0286. The van der Waals surface area contributed by atoms with Crippen molar-refractivity contribution >= 4 is 29.3 Å². The van der Waals surface area contributed by atoms with E-state index in [1.54, 1.807) is 12.3 Å². The van der Waals surface area contributed by atoms with E-state index >= 15 is 0 Å². The van der Waals surface area contributed by atoms with Crippen molar-refractivity contribution in [2.24, 2.45) is 0 Å². The first kappa shape index (κ1) is 13.1. The quantitative estimate of drug-likeness (QED) is 0.620. The molecule has 5 nitrogen and oxygen atoms in total. The SMILES string of the molecule is Cc1coc2c(=S)cc(NCCOCCO)oc12. The molecule has 0 amide bonds. The number of ether oxygens (including phenoxy) is 1. The average Bonchev–Trinajstić information content (AvgIpc) is 2.72. The zero-order valence-electron chi connectivity index (χ0n) is 10.1. The van der Waals surface area contributed by atoms with Crippen LogP contribution in [-0.4, -0.2) is 31.5 Å². The second-order valence-corrected chi connectivity index (χ2v) is 4.25. The molecule has 0 bridgehead atoms. The second kappa shape index (κ2) is 5.99. The van der Waals surface area contributed by atoms with E-state index in [4.69, 9.17) is 30.9 Å². The highest BCUT2D eigenvalue weighted by Gasteiger charge is 2.08. The van der Waals surface area contributed by atoms with E-state index < -0.39 is 0 Å². The van der Waals surface area contributed by atoms with Crippen LogP contribution in [0.25, 0.3) is 11.2 Å². The first-order chi connectivity index (χ1) is 8.72. The summed E-state index contributed by atoms with van der Waals surface area (Å²) in [6.45, 7) is 3.34. The van der Waals surface area contributed by atoms with Crippen molar-refractivity contribution in [2.45, 2.75) is 6.92 Å². The summed E-state index contributed by atoms with van der Waals surface area (Å²) < 4.78 is 16.7. The van der Waals surface area contributed by atoms with Gasteiger partial charge in [-0.1, -0.05) is 12.2 Å². The molecular formula is C12H15NO4S. The maximum atomic E-state index is 8.56.